The fourth-order valence-corrected chi connectivity index (χ4v) is 9.68. The van der Waals surface area contributed by atoms with Crippen molar-refractivity contribution in [2.24, 2.45) is 34.5 Å². The Morgan fingerprint density at radius 3 is 2.15 bits per heavy atom. The van der Waals surface area contributed by atoms with Gasteiger partial charge in [0.05, 0.1) is 45.1 Å². The van der Waals surface area contributed by atoms with Crippen LogP contribution in [0.4, 0.5) is 8.78 Å². The van der Waals surface area contributed by atoms with E-state index in [1.54, 1.807) is 0 Å². The van der Waals surface area contributed by atoms with Crippen molar-refractivity contribution in [3.8, 4) is 0 Å². The second-order valence-corrected chi connectivity index (χ2v) is 12.1. The van der Waals surface area contributed by atoms with Gasteiger partial charge >= 0.3 is 0 Å². The van der Waals surface area contributed by atoms with Crippen LogP contribution in [0, 0.1) is 34.5 Å². The van der Waals surface area contributed by atoms with Gasteiger partial charge in [0.1, 0.15) is 0 Å². The van der Waals surface area contributed by atoms with Gasteiger partial charge in [-0.1, -0.05) is 26.0 Å². The molecule has 34 heavy (non-hydrogen) atoms. The van der Waals surface area contributed by atoms with Crippen LogP contribution in [-0.2, 0) is 28.4 Å². The van der Waals surface area contributed by atoms with Crippen molar-refractivity contribution >= 4 is 0 Å². The first-order valence-corrected chi connectivity index (χ1v) is 13.0. The molecule has 3 aliphatic heterocycles. The standard InChI is InChI=1S/C26H36F2O6/c1-15-12-16-17-13-19(27)26(33-10-11-34-26)23(17,3)21(28)25(31-8-9-32-25)20(16)22(2)4-5-24(14-18(15)22)29-6-7-30-24/h16-21H,1,4-14H2,2-3H3/t16?,17?,18-,19-,20?,21?,22?,23-/m1/s1. The van der Waals surface area contributed by atoms with Crippen LogP contribution in [0.25, 0.3) is 0 Å². The summed E-state index contributed by atoms with van der Waals surface area (Å²) >= 11 is 0. The summed E-state index contributed by atoms with van der Waals surface area (Å²) < 4.78 is 69.7. The maximum atomic E-state index is 17.2. The molecular formula is C26H36F2O6. The van der Waals surface area contributed by atoms with Gasteiger partial charge in [-0.2, -0.15) is 0 Å². The fraction of sp³-hybridized carbons (Fsp3) is 0.923. The van der Waals surface area contributed by atoms with E-state index in [0.29, 0.717) is 39.3 Å². The highest BCUT2D eigenvalue weighted by molar-refractivity contribution is 5.29. The minimum absolute atomic E-state index is 0.0336. The number of hydrogen-bond donors (Lipinski definition) is 0. The van der Waals surface area contributed by atoms with Crippen LogP contribution in [-0.4, -0.2) is 69.3 Å². The third-order valence-corrected chi connectivity index (χ3v) is 11.0. The molecule has 0 amide bonds. The molecule has 0 aromatic heterocycles. The van der Waals surface area contributed by atoms with E-state index in [4.69, 9.17) is 28.4 Å². The Kier molecular flexibility index (Phi) is 4.65. The monoisotopic (exact) mass is 482 g/mol. The summed E-state index contributed by atoms with van der Waals surface area (Å²) in [7, 11) is 0. The van der Waals surface area contributed by atoms with E-state index < -0.39 is 35.1 Å². The molecule has 4 saturated carbocycles. The fourth-order valence-electron chi connectivity index (χ4n) is 9.68. The molecule has 0 aromatic rings. The molecule has 4 aliphatic carbocycles. The molecule has 3 heterocycles. The van der Waals surface area contributed by atoms with Gasteiger partial charge < -0.3 is 28.4 Å². The van der Waals surface area contributed by atoms with E-state index in [1.807, 2.05) is 6.92 Å². The molecular weight excluding hydrogens is 446 g/mol. The number of hydrogen-bond acceptors (Lipinski definition) is 6. The van der Waals surface area contributed by atoms with E-state index in [1.165, 1.54) is 0 Å². The first-order valence-electron chi connectivity index (χ1n) is 13.0. The highest BCUT2D eigenvalue weighted by Gasteiger charge is 2.82. The third-order valence-electron chi connectivity index (χ3n) is 11.0. The molecule has 3 saturated heterocycles. The van der Waals surface area contributed by atoms with Crippen molar-refractivity contribution in [3.63, 3.8) is 0 Å². The number of fused-ring (bicyclic) bond motifs is 7. The quantitative estimate of drug-likeness (QED) is 0.488. The number of ether oxygens (including phenoxy) is 6. The van der Waals surface area contributed by atoms with Crippen molar-refractivity contribution < 1.29 is 37.2 Å². The van der Waals surface area contributed by atoms with Crippen molar-refractivity contribution in [3.05, 3.63) is 12.2 Å². The number of alkyl halides is 2. The summed E-state index contributed by atoms with van der Waals surface area (Å²) in [6.07, 6.45) is 0.180. The lowest BCUT2D eigenvalue weighted by Gasteiger charge is -2.67. The zero-order valence-corrected chi connectivity index (χ0v) is 20.2. The van der Waals surface area contributed by atoms with E-state index in [-0.39, 0.29) is 48.7 Å². The van der Waals surface area contributed by atoms with Crippen LogP contribution in [0.5, 0.6) is 0 Å². The molecule has 7 fully saturated rings. The van der Waals surface area contributed by atoms with Gasteiger partial charge in [-0.05, 0) is 42.4 Å². The molecule has 0 N–H and O–H groups in total. The molecule has 8 heteroatoms. The van der Waals surface area contributed by atoms with Gasteiger partial charge in [-0.25, -0.2) is 8.78 Å². The maximum absolute atomic E-state index is 17.2. The highest BCUT2D eigenvalue weighted by Crippen LogP contribution is 2.74. The smallest absolute Gasteiger partial charge is 0.208 e. The number of allylic oxidation sites excluding steroid dienone is 1. The van der Waals surface area contributed by atoms with Crippen molar-refractivity contribution in [2.75, 3.05) is 39.6 Å². The third kappa shape index (κ3) is 2.42. The minimum atomic E-state index is -1.59. The van der Waals surface area contributed by atoms with Gasteiger partial charge in [-0.3, -0.25) is 0 Å². The first-order chi connectivity index (χ1) is 16.2. The first kappa shape index (κ1) is 22.5. The lowest BCUT2D eigenvalue weighted by molar-refractivity contribution is -0.373. The molecule has 7 aliphatic rings. The Morgan fingerprint density at radius 1 is 0.853 bits per heavy atom. The second kappa shape index (κ2) is 7.01. The Hall–Kier alpha value is -0.640. The molecule has 0 aromatic carbocycles. The number of rotatable bonds is 0. The number of halogens is 2. The summed E-state index contributed by atoms with van der Waals surface area (Å²) in [5.74, 6) is -4.04. The summed E-state index contributed by atoms with van der Waals surface area (Å²) in [5, 5.41) is 0. The zero-order valence-electron chi connectivity index (χ0n) is 20.2. The molecule has 0 bridgehead atoms. The predicted octanol–water partition coefficient (Wildman–Crippen LogP) is 3.93. The predicted molar refractivity (Wildman–Crippen MR) is 116 cm³/mol. The second-order valence-electron chi connectivity index (χ2n) is 12.1. The van der Waals surface area contributed by atoms with Crippen LogP contribution < -0.4 is 0 Å². The highest BCUT2D eigenvalue weighted by atomic mass is 19.1. The summed E-state index contributed by atoms with van der Waals surface area (Å²) in [6, 6.07) is 0. The zero-order chi connectivity index (χ0) is 23.6. The maximum Gasteiger partial charge on any atom is 0.208 e. The lowest BCUT2D eigenvalue weighted by atomic mass is 9.41. The van der Waals surface area contributed by atoms with Gasteiger partial charge in [0.25, 0.3) is 0 Å². The molecule has 6 nitrogen and oxygen atoms in total. The van der Waals surface area contributed by atoms with E-state index >= 15 is 8.78 Å². The average molecular weight is 483 g/mol. The Bertz CT molecular complexity index is 879. The van der Waals surface area contributed by atoms with Crippen molar-refractivity contribution in [1.82, 2.24) is 0 Å². The molecule has 190 valence electrons. The summed E-state index contributed by atoms with van der Waals surface area (Å²) in [4.78, 5) is 0. The molecule has 3 spiro atoms. The molecule has 7 rings (SSSR count). The van der Waals surface area contributed by atoms with Gasteiger partial charge in [0.15, 0.2) is 18.1 Å². The molecule has 5 unspecified atom stereocenters. The minimum Gasteiger partial charge on any atom is -0.348 e. The van der Waals surface area contributed by atoms with Crippen LogP contribution >= 0.6 is 0 Å². The van der Waals surface area contributed by atoms with Gasteiger partial charge in [-0.15, -0.1) is 0 Å². The topological polar surface area (TPSA) is 55.4 Å². The van der Waals surface area contributed by atoms with E-state index in [0.717, 1.165) is 18.4 Å². The Morgan fingerprint density at radius 2 is 1.47 bits per heavy atom. The Balaban J connectivity index is 1.36. The average Bonchev–Trinajstić information content (AvgIpc) is 3.60. The van der Waals surface area contributed by atoms with Gasteiger partial charge in [0, 0.05) is 18.8 Å². The van der Waals surface area contributed by atoms with E-state index in [9.17, 15) is 0 Å². The molecule has 8 atom stereocenters. The van der Waals surface area contributed by atoms with Gasteiger partial charge in [0.2, 0.25) is 11.6 Å². The normalized spacial score (nSPS) is 52.3. The van der Waals surface area contributed by atoms with Crippen LogP contribution in [0.15, 0.2) is 12.2 Å². The van der Waals surface area contributed by atoms with Crippen LogP contribution in [0.3, 0.4) is 0 Å². The van der Waals surface area contributed by atoms with Crippen molar-refractivity contribution in [1.29, 1.82) is 0 Å². The Labute approximate surface area is 199 Å². The summed E-state index contributed by atoms with van der Waals surface area (Å²) in [6.45, 7) is 11.0. The lowest BCUT2D eigenvalue weighted by Crippen LogP contribution is -2.74. The SMILES string of the molecule is C=C1CC2C(C3(OCCO3)C(F)[C@@]3(C)C2C[C@@H](F)C32OCCO2)C2(C)CCC3(C[C@H]12)OCCO3. The van der Waals surface area contributed by atoms with E-state index in [2.05, 4.69) is 13.5 Å². The molecule has 0 radical (unpaired) electrons. The summed E-state index contributed by atoms with van der Waals surface area (Å²) in [5.41, 5.74) is -0.416. The van der Waals surface area contributed by atoms with Crippen LogP contribution in [0.2, 0.25) is 0 Å². The van der Waals surface area contributed by atoms with Crippen molar-refractivity contribution in [2.45, 2.75) is 75.7 Å². The van der Waals surface area contributed by atoms with Crippen LogP contribution in [0.1, 0.15) is 46.0 Å². The largest absolute Gasteiger partial charge is 0.348 e.